The van der Waals surface area contributed by atoms with Gasteiger partial charge in [-0.3, -0.25) is 10.1 Å². The van der Waals surface area contributed by atoms with Crippen LogP contribution in [-0.2, 0) is 11.2 Å². The van der Waals surface area contributed by atoms with Gasteiger partial charge in [-0.25, -0.2) is 4.79 Å². The molecule has 1 saturated carbocycles. The van der Waals surface area contributed by atoms with E-state index in [0.29, 0.717) is 11.4 Å². The zero-order valence-electron chi connectivity index (χ0n) is 13.9. The SMILES string of the molecule is O=C(Nc1ccc2c(c1)N(C(=O)C1CC1)CCC2)Oc1ccccc1. The molecule has 0 bridgehead atoms. The predicted octanol–water partition coefficient (Wildman–Crippen LogP) is 3.99. The molecule has 0 unspecified atom stereocenters. The van der Waals surface area contributed by atoms with Gasteiger partial charge in [0, 0.05) is 23.8 Å². The summed E-state index contributed by atoms with van der Waals surface area (Å²) in [6.07, 6.45) is 3.38. The third-order valence-corrected chi connectivity index (χ3v) is 4.60. The summed E-state index contributed by atoms with van der Waals surface area (Å²) in [4.78, 5) is 26.5. The fraction of sp³-hybridized carbons (Fsp3) is 0.300. The van der Waals surface area contributed by atoms with Gasteiger partial charge in [-0.2, -0.15) is 0 Å². The van der Waals surface area contributed by atoms with Crippen LogP contribution in [0.3, 0.4) is 0 Å². The minimum absolute atomic E-state index is 0.186. The normalized spacial score (nSPS) is 16.1. The van der Waals surface area contributed by atoms with Crippen molar-refractivity contribution in [2.24, 2.45) is 5.92 Å². The van der Waals surface area contributed by atoms with Gasteiger partial charge in [-0.05, 0) is 55.5 Å². The van der Waals surface area contributed by atoms with E-state index in [1.165, 1.54) is 0 Å². The average Bonchev–Trinajstić information content (AvgIpc) is 3.46. The number of rotatable bonds is 3. The molecule has 0 atom stereocenters. The van der Waals surface area contributed by atoms with Crippen molar-refractivity contribution in [1.29, 1.82) is 0 Å². The Kier molecular flexibility index (Phi) is 4.14. The molecule has 2 aromatic rings. The van der Waals surface area contributed by atoms with E-state index in [1.54, 1.807) is 12.1 Å². The van der Waals surface area contributed by atoms with Gasteiger partial charge >= 0.3 is 6.09 Å². The molecule has 1 N–H and O–H groups in total. The lowest BCUT2D eigenvalue weighted by Gasteiger charge is -2.30. The lowest BCUT2D eigenvalue weighted by Crippen LogP contribution is -2.36. The molecule has 5 nitrogen and oxygen atoms in total. The number of anilines is 2. The van der Waals surface area contributed by atoms with Crippen LogP contribution >= 0.6 is 0 Å². The van der Waals surface area contributed by atoms with Crippen LogP contribution in [0.4, 0.5) is 16.2 Å². The van der Waals surface area contributed by atoms with Crippen molar-refractivity contribution in [1.82, 2.24) is 0 Å². The molecule has 0 spiro atoms. The number of benzene rings is 2. The van der Waals surface area contributed by atoms with Crippen molar-refractivity contribution >= 4 is 23.4 Å². The van der Waals surface area contributed by atoms with E-state index < -0.39 is 6.09 Å². The van der Waals surface area contributed by atoms with Crippen LogP contribution in [0, 0.1) is 5.92 Å². The summed E-state index contributed by atoms with van der Waals surface area (Å²) in [5, 5.41) is 2.75. The highest BCUT2D eigenvalue weighted by molar-refractivity contribution is 5.98. The third-order valence-electron chi connectivity index (χ3n) is 4.60. The van der Waals surface area contributed by atoms with Crippen LogP contribution in [0.15, 0.2) is 48.5 Å². The molecule has 2 amide bonds. The first-order valence-electron chi connectivity index (χ1n) is 8.69. The van der Waals surface area contributed by atoms with Crippen LogP contribution in [0.2, 0.25) is 0 Å². The Morgan fingerprint density at radius 2 is 1.88 bits per heavy atom. The standard InChI is InChI=1S/C20H20N2O3/c23-19(15-8-9-15)22-12-4-5-14-10-11-16(13-18(14)22)21-20(24)25-17-6-2-1-3-7-17/h1-3,6-7,10-11,13,15H,4-5,8-9,12H2,(H,21,24). The van der Waals surface area contributed by atoms with Gasteiger partial charge in [-0.15, -0.1) is 0 Å². The quantitative estimate of drug-likeness (QED) is 0.922. The maximum atomic E-state index is 12.5. The monoisotopic (exact) mass is 336 g/mol. The lowest BCUT2D eigenvalue weighted by molar-refractivity contribution is -0.119. The second-order valence-corrected chi connectivity index (χ2v) is 6.54. The van der Waals surface area contributed by atoms with Gasteiger partial charge in [0.1, 0.15) is 5.75 Å². The Balaban J connectivity index is 1.50. The summed E-state index contributed by atoms with van der Waals surface area (Å²) in [6, 6.07) is 14.6. The minimum Gasteiger partial charge on any atom is -0.410 e. The van der Waals surface area contributed by atoms with Gasteiger partial charge < -0.3 is 9.64 Å². The van der Waals surface area contributed by atoms with Crippen LogP contribution in [0.1, 0.15) is 24.8 Å². The zero-order chi connectivity index (χ0) is 17.2. The number of ether oxygens (including phenoxy) is 1. The first-order valence-corrected chi connectivity index (χ1v) is 8.69. The molecule has 25 heavy (non-hydrogen) atoms. The number of hydrogen-bond acceptors (Lipinski definition) is 3. The molecule has 1 fully saturated rings. The fourth-order valence-electron chi connectivity index (χ4n) is 3.17. The predicted molar refractivity (Wildman–Crippen MR) is 95.9 cm³/mol. The van der Waals surface area contributed by atoms with Crippen LogP contribution in [0.5, 0.6) is 5.75 Å². The zero-order valence-corrected chi connectivity index (χ0v) is 13.9. The van der Waals surface area contributed by atoms with Gasteiger partial charge in [0.15, 0.2) is 0 Å². The summed E-state index contributed by atoms with van der Waals surface area (Å²) < 4.78 is 5.25. The second-order valence-electron chi connectivity index (χ2n) is 6.54. The van der Waals surface area contributed by atoms with Crippen molar-refractivity contribution < 1.29 is 14.3 Å². The molecule has 2 aliphatic rings. The topological polar surface area (TPSA) is 58.6 Å². The lowest BCUT2D eigenvalue weighted by atomic mass is 10.0. The number of carbonyl (C=O) groups excluding carboxylic acids is 2. The van der Waals surface area contributed by atoms with E-state index in [4.69, 9.17) is 4.74 Å². The molecule has 0 saturated heterocycles. The van der Waals surface area contributed by atoms with E-state index in [-0.39, 0.29) is 11.8 Å². The number of hydrogen-bond donors (Lipinski definition) is 1. The number of aryl methyl sites for hydroxylation is 1. The number of nitrogens with one attached hydrogen (secondary N) is 1. The molecule has 1 heterocycles. The van der Waals surface area contributed by atoms with E-state index >= 15 is 0 Å². The largest absolute Gasteiger partial charge is 0.417 e. The molecule has 128 valence electrons. The van der Waals surface area contributed by atoms with E-state index in [2.05, 4.69) is 5.32 Å². The van der Waals surface area contributed by atoms with Gasteiger partial charge in [-0.1, -0.05) is 24.3 Å². The van der Waals surface area contributed by atoms with Crippen molar-refractivity contribution in [2.45, 2.75) is 25.7 Å². The Labute approximate surface area is 146 Å². The summed E-state index contributed by atoms with van der Waals surface area (Å²) in [5.74, 6) is 0.888. The second kappa shape index (κ2) is 6.59. The van der Waals surface area contributed by atoms with E-state index in [9.17, 15) is 9.59 Å². The van der Waals surface area contributed by atoms with E-state index in [1.807, 2.05) is 41.3 Å². The molecule has 0 aromatic heterocycles. The third kappa shape index (κ3) is 3.50. The first-order chi connectivity index (χ1) is 12.2. The van der Waals surface area contributed by atoms with E-state index in [0.717, 1.165) is 43.5 Å². The average molecular weight is 336 g/mol. The number of carbonyl (C=O) groups is 2. The molecule has 1 aliphatic carbocycles. The number of amides is 2. The fourth-order valence-corrected chi connectivity index (χ4v) is 3.17. The van der Waals surface area contributed by atoms with Crippen molar-refractivity contribution in [3.8, 4) is 5.75 Å². The molecule has 5 heteroatoms. The highest BCUT2D eigenvalue weighted by Crippen LogP contribution is 2.36. The molecule has 4 rings (SSSR count). The minimum atomic E-state index is -0.540. The van der Waals surface area contributed by atoms with Gasteiger partial charge in [0.05, 0.1) is 0 Å². The maximum Gasteiger partial charge on any atom is 0.417 e. The summed E-state index contributed by atoms with van der Waals surface area (Å²) in [5.41, 5.74) is 2.71. The number of nitrogens with zero attached hydrogens (tertiary/aromatic N) is 1. The summed E-state index contributed by atoms with van der Waals surface area (Å²) >= 11 is 0. The van der Waals surface area contributed by atoms with Crippen molar-refractivity contribution in [2.75, 3.05) is 16.8 Å². The summed E-state index contributed by atoms with van der Waals surface area (Å²) in [7, 11) is 0. The Morgan fingerprint density at radius 3 is 2.64 bits per heavy atom. The molecular formula is C20H20N2O3. The molecule has 2 aromatic carbocycles. The highest BCUT2D eigenvalue weighted by Gasteiger charge is 2.35. The summed E-state index contributed by atoms with van der Waals surface area (Å²) in [6.45, 7) is 0.750. The highest BCUT2D eigenvalue weighted by atomic mass is 16.6. The number of fused-ring (bicyclic) bond motifs is 1. The van der Waals surface area contributed by atoms with Crippen LogP contribution in [-0.4, -0.2) is 18.5 Å². The molecule has 0 radical (unpaired) electrons. The van der Waals surface area contributed by atoms with Gasteiger partial charge in [0.25, 0.3) is 0 Å². The molecule has 1 aliphatic heterocycles. The first kappa shape index (κ1) is 15.7. The Hall–Kier alpha value is -2.82. The van der Waals surface area contributed by atoms with Crippen molar-refractivity contribution in [3.05, 3.63) is 54.1 Å². The van der Waals surface area contributed by atoms with Gasteiger partial charge in [0.2, 0.25) is 5.91 Å². The molecular weight excluding hydrogens is 316 g/mol. The van der Waals surface area contributed by atoms with Crippen molar-refractivity contribution in [3.63, 3.8) is 0 Å². The smallest absolute Gasteiger partial charge is 0.410 e. The Bertz CT molecular complexity index is 800. The number of para-hydroxylation sites is 1. The van der Waals surface area contributed by atoms with Crippen LogP contribution in [0.25, 0.3) is 0 Å². The Morgan fingerprint density at radius 1 is 1.08 bits per heavy atom. The van der Waals surface area contributed by atoms with Crippen LogP contribution < -0.4 is 15.0 Å². The maximum absolute atomic E-state index is 12.5.